The van der Waals surface area contributed by atoms with Crippen LogP contribution >= 0.6 is 11.6 Å². The predicted molar refractivity (Wildman–Crippen MR) is 131 cm³/mol. The summed E-state index contributed by atoms with van der Waals surface area (Å²) < 4.78 is 5.39. The second-order valence-electron chi connectivity index (χ2n) is 8.49. The number of rotatable bonds is 5. The zero-order chi connectivity index (χ0) is 22.8. The molecule has 0 spiro atoms. The zero-order valence-electron chi connectivity index (χ0n) is 18.6. The first-order valence-electron chi connectivity index (χ1n) is 11.2. The molecule has 0 radical (unpaired) electrons. The van der Waals surface area contributed by atoms with Crippen LogP contribution in [0.15, 0.2) is 77.9 Å². The van der Waals surface area contributed by atoms with Gasteiger partial charge in [0.05, 0.1) is 25.4 Å². The van der Waals surface area contributed by atoms with Gasteiger partial charge in [-0.15, -0.1) is 0 Å². The third-order valence-corrected chi connectivity index (χ3v) is 6.75. The van der Waals surface area contributed by atoms with Gasteiger partial charge in [0.15, 0.2) is 0 Å². The molecule has 5 rings (SSSR count). The van der Waals surface area contributed by atoms with Crippen molar-refractivity contribution in [2.45, 2.75) is 25.4 Å². The number of ether oxygens (including phenoxy) is 1. The van der Waals surface area contributed by atoms with Crippen LogP contribution in [-0.4, -0.2) is 41.7 Å². The number of hydrogen-bond acceptors (Lipinski definition) is 4. The zero-order valence-corrected chi connectivity index (χ0v) is 19.3. The summed E-state index contributed by atoms with van der Waals surface area (Å²) in [6.07, 6.45) is 1.56. The van der Waals surface area contributed by atoms with Crippen LogP contribution in [0.2, 0.25) is 5.02 Å². The molecule has 2 aliphatic heterocycles. The van der Waals surface area contributed by atoms with Crippen molar-refractivity contribution in [1.29, 1.82) is 0 Å². The van der Waals surface area contributed by atoms with Crippen LogP contribution in [0.3, 0.4) is 0 Å². The van der Waals surface area contributed by atoms with Crippen LogP contribution in [0.1, 0.15) is 34.7 Å². The maximum atomic E-state index is 13.5. The Hall–Kier alpha value is -3.15. The van der Waals surface area contributed by atoms with Gasteiger partial charge < -0.3 is 4.74 Å². The van der Waals surface area contributed by atoms with Crippen molar-refractivity contribution in [2.75, 3.05) is 20.2 Å². The lowest BCUT2D eigenvalue weighted by atomic mass is 9.98. The molecule has 0 fully saturated rings. The Bertz CT molecular complexity index is 1210. The molecular weight excluding hydrogens is 434 g/mol. The molecule has 33 heavy (non-hydrogen) atoms. The second-order valence-corrected chi connectivity index (χ2v) is 8.89. The van der Waals surface area contributed by atoms with E-state index in [9.17, 15) is 4.79 Å². The third-order valence-electron chi connectivity index (χ3n) is 6.40. The highest BCUT2D eigenvalue weighted by Crippen LogP contribution is 2.37. The number of carbonyl (C=O) groups excluding carboxylic acids is 1. The van der Waals surface area contributed by atoms with Crippen LogP contribution in [-0.2, 0) is 17.8 Å². The molecular formula is C27H26ClN3O2. The van der Waals surface area contributed by atoms with Crippen molar-refractivity contribution in [2.24, 2.45) is 5.10 Å². The molecule has 0 bridgehead atoms. The first kappa shape index (κ1) is 21.7. The Kier molecular flexibility index (Phi) is 6.16. The Morgan fingerprint density at radius 3 is 2.67 bits per heavy atom. The van der Waals surface area contributed by atoms with Crippen molar-refractivity contribution < 1.29 is 9.53 Å². The molecule has 3 aromatic carbocycles. The lowest BCUT2D eigenvalue weighted by Gasteiger charge is -2.30. The number of benzene rings is 3. The van der Waals surface area contributed by atoms with Crippen molar-refractivity contribution in [3.05, 3.63) is 100 Å². The van der Waals surface area contributed by atoms with E-state index in [-0.39, 0.29) is 11.9 Å². The maximum absolute atomic E-state index is 13.5. The van der Waals surface area contributed by atoms with Gasteiger partial charge in [0, 0.05) is 30.1 Å². The van der Waals surface area contributed by atoms with Gasteiger partial charge >= 0.3 is 0 Å². The Labute approximate surface area is 199 Å². The van der Waals surface area contributed by atoms with E-state index in [1.54, 1.807) is 12.1 Å². The summed E-state index contributed by atoms with van der Waals surface area (Å²) >= 11 is 6.54. The molecule has 0 aliphatic carbocycles. The van der Waals surface area contributed by atoms with Gasteiger partial charge in [-0.05, 0) is 41.3 Å². The van der Waals surface area contributed by atoms with Gasteiger partial charge in [0.25, 0.3) is 5.91 Å². The highest BCUT2D eigenvalue weighted by molar-refractivity contribution is 6.31. The van der Waals surface area contributed by atoms with Crippen LogP contribution in [0.5, 0.6) is 5.75 Å². The van der Waals surface area contributed by atoms with Crippen LogP contribution in [0, 0.1) is 0 Å². The van der Waals surface area contributed by atoms with E-state index in [2.05, 4.69) is 29.2 Å². The molecule has 6 heteroatoms. The van der Waals surface area contributed by atoms with E-state index < -0.39 is 0 Å². The van der Waals surface area contributed by atoms with Gasteiger partial charge in [-0.2, -0.15) is 5.10 Å². The normalized spacial score (nSPS) is 18.1. The Morgan fingerprint density at radius 2 is 1.85 bits per heavy atom. The van der Waals surface area contributed by atoms with Crippen LogP contribution in [0.4, 0.5) is 0 Å². The molecule has 1 amide bonds. The minimum atomic E-state index is -0.232. The summed E-state index contributed by atoms with van der Waals surface area (Å²) in [7, 11) is 1.65. The molecule has 1 atom stereocenters. The number of hydrazone groups is 1. The smallest absolute Gasteiger partial charge is 0.257 e. The molecule has 0 N–H and O–H groups in total. The SMILES string of the molecule is COc1cccc(C2=NN(C(=O)CN3CCc4ccccc4C3)[C@H](c3ccccc3Cl)C2)c1. The fraction of sp³-hybridized carbons (Fsp3) is 0.259. The lowest BCUT2D eigenvalue weighted by Crippen LogP contribution is -2.40. The van der Waals surface area contributed by atoms with Crippen LogP contribution in [0.25, 0.3) is 0 Å². The largest absolute Gasteiger partial charge is 0.497 e. The molecule has 3 aromatic rings. The number of halogens is 1. The van der Waals surface area contributed by atoms with E-state index in [0.717, 1.165) is 42.1 Å². The lowest BCUT2D eigenvalue weighted by molar-refractivity contribution is -0.134. The summed E-state index contributed by atoms with van der Waals surface area (Å²) in [6.45, 7) is 1.96. The highest BCUT2D eigenvalue weighted by atomic mass is 35.5. The van der Waals surface area contributed by atoms with Gasteiger partial charge in [0.1, 0.15) is 5.75 Å². The quantitative estimate of drug-likeness (QED) is 0.534. The summed E-state index contributed by atoms with van der Waals surface area (Å²) in [5, 5.41) is 7.08. The van der Waals surface area contributed by atoms with Crippen molar-refractivity contribution in [3.63, 3.8) is 0 Å². The molecule has 0 unspecified atom stereocenters. The maximum Gasteiger partial charge on any atom is 0.257 e. The number of nitrogens with zero attached hydrogens (tertiary/aromatic N) is 3. The average molecular weight is 460 g/mol. The molecule has 168 valence electrons. The molecule has 0 saturated carbocycles. The fourth-order valence-corrected chi connectivity index (χ4v) is 4.92. The first-order chi connectivity index (χ1) is 16.1. The van der Waals surface area contributed by atoms with Crippen molar-refractivity contribution in [1.82, 2.24) is 9.91 Å². The highest BCUT2D eigenvalue weighted by Gasteiger charge is 2.35. The summed E-state index contributed by atoms with van der Waals surface area (Å²) in [6, 6.07) is 23.7. The number of carbonyl (C=O) groups is 1. The van der Waals surface area contributed by atoms with Crippen LogP contribution < -0.4 is 4.74 Å². The standard InChI is InChI=1S/C27H26ClN3O2/c1-33-22-10-6-9-20(15-22)25-16-26(23-11-4-5-12-24(23)28)31(29-25)27(32)18-30-14-13-19-7-2-3-8-21(19)17-30/h2-12,15,26H,13-14,16-18H2,1H3/t26-/m0/s1. The van der Waals surface area contributed by atoms with E-state index >= 15 is 0 Å². The summed E-state index contributed by atoms with van der Waals surface area (Å²) in [5.74, 6) is 0.749. The van der Waals surface area contributed by atoms with E-state index in [4.69, 9.17) is 21.4 Å². The number of fused-ring (bicyclic) bond motifs is 1. The van der Waals surface area contributed by atoms with Gasteiger partial charge in [-0.3, -0.25) is 9.69 Å². The number of amides is 1. The van der Waals surface area contributed by atoms with Gasteiger partial charge in [-0.1, -0.05) is 66.2 Å². The third kappa shape index (κ3) is 4.52. The second kappa shape index (κ2) is 9.38. The fourth-order valence-electron chi connectivity index (χ4n) is 4.66. The van der Waals surface area contributed by atoms with Gasteiger partial charge in [0.2, 0.25) is 0 Å². The topological polar surface area (TPSA) is 45.1 Å². The Balaban J connectivity index is 1.42. The average Bonchev–Trinajstić information content (AvgIpc) is 3.30. The summed E-state index contributed by atoms with van der Waals surface area (Å²) in [5.41, 5.74) is 5.39. The van der Waals surface area contributed by atoms with E-state index in [1.165, 1.54) is 11.1 Å². The summed E-state index contributed by atoms with van der Waals surface area (Å²) in [4.78, 5) is 15.7. The Morgan fingerprint density at radius 1 is 1.06 bits per heavy atom. The van der Waals surface area contributed by atoms with E-state index in [0.29, 0.717) is 18.0 Å². The van der Waals surface area contributed by atoms with Crippen molar-refractivity contribution >= 4 is 23.2 Å². The first-order valence-corrected chi connectivity index (χ1v) is 11.6. The molecule has 0 aromatic heterocycles. The predicted octanol–water partition coefficient (Wildman–Crippen LogP) is 5.08. The van der Waals surface area contributed by atoms with E-state index in [1.807, 2.05) is 48.5 Å². The molecule has 0 saturated heterocycles. The molecule has 2 heterocycles. The minimum Gasteiger partial charge on any atom is -0.497 e. The van der Waals surface area contributed by atoms with Gasteiger partial charge in [-0.25, -0.2) is 5.01 Å². The molecule has 5 nitrogen and oxygen atoms in total. The number of hydrogen-bond donors (Lipinski definition) is 0. The molecule has 2 aliphatic rings. The van der Waals surface area contributed by atoms with Crippen molar-refractivity contribution in [3.8, 4) is 5.75 Å². The monoisotopic (exact) mass is 459 g/mol. The minimum absolute atomic E-state index is 0.0165. The number of methoxy groups -OCH3 is 1.